The van der Waals surface area contributed by atoms with Gasteiger partial charge in [-0.05, 0) is 73.9 Å². The first-order valence-corrected chi connectivity index (χ1v) is 11.6. The Kier molecular flexibility index (Phi) is 8.90. The maximum absolute atomic E-state index is 12.0. The molecule has 3 rings (SSSR count). The summed E-state index contributed by atoms with van der Waals surface area (Å²) in [5.74, 6) is 0.469. The first kappa shape index (κ1) is 24.3. The molecule has 0 spiro atoms. The van der Waals surface area contributed by atoms with Crippen LogP contribution in [-0.4, -0.2) is 44.0 Å². The first-order valence-electron chi connectivity index (χ1n) is 11.6. The Hall–Kier alpha value is -3.31. The van der Waals surface area contributed by atoms with Gasteiger partial charge >= 0.3 is 5.97 Å². The Morgan fingerprint density at radius 1 is 0.848 bits per heavy atom. The van der Waals surface area contributed by atoms with Crippen molar-refractivity contribution in [2.45, 2.75) is 27.2 Å². The third kappa shape index (κ3) is 6.14. The van der Waals surface area contributed by atoms with Crippen LogP contribution < -0.4 is 9.64 Å². The third-order valence-corrected chi connectivity index (χ3v) is 5.58. The van der Waals surface area contributed by atoms with Gasteiger partial charge in [0.2, 0.25) is 0 Å². The predicted octanol–water partition coefficient (Wildman–Crippen LogP) is 5.80. The number of nitrogens with zero attached hydrogens (tertiary/aromatic N) is 1. The van der Waals surface area contributed by atoms with Crippen molar-refractivity contribution in [3.05, 3.63) is 72.3 Å². The molecule has 0 saturated heterocycles. The van der Waals surface area contributed by atoms with E-state index in [-0.39, 0.29) is 12.6 Å². The largest absolute Gasteiger partial charge is 0.493 e. The number of hydrogen-bond acceptors (Lipinski definition) is 5. The third-order valence-electron chi connectivity index (χ3n) is 5.58. The highest BCUT2D eigenvalue weighted by molar-refractivity contribution is 5.90. The fourth-order valence-corrected chi connectivity index (χ4v) is 3.76. The van der Waals surface area contributed by atoms with Crippen molar-refractivity contribution in [2.75, 3.05) is 37.8 Å². The van der Waals surface area contributed by atoms with Crippen LogP contribution in [0.1, 0.15) is 37.6 Å². The standard InChI is InChI=1S/C28H33NO4/c1-4-29(5-2)25-15-12-22(13-16-25)26-20-24(14-17-27(26)33-19-7-18-30)21-8-10-23(11-9-21)28(31)32-6-3/h8-17,20,30H,4-7,18-19H2,1-3H3. The van der Waals surface area contributed by atoms with Crippen molar-refractivity contribution in [2.24, 2.45) is 0 Å². The summed E-state index contributed by atoms with van der Waals surface area (Å²) in [6, 6.07) is 22.1. The van der Waals surface area contributed by atoms with Crippen LogP contribution in [0.5, 0.6) is 5.75 Å². The molecular weight excluding hydrogens is 414 g/mol. The van der Waals surface area contributed by atoms with Crippen molar-refractivity contribution >= 4 is 11.7 Å². The van der Waals surface area contributed by atoms with Gasteiger partial charge in [-0.15, -0.1) is 0 Å². The summed E-state index contributed by atoms with van der Waals surface area (Å²) in [5.41, 5.74) is 5.82. The highest BCUT2D eigenvalue weighted by Crippen LogP contribution is 2.35. The number of carbonyl (C=O) groups excluding carboxylic acids is 1. The van der Waals surface area contributed by atoms with E-state index in [2.05, 4.69) is 49.1 Å². The average molecular weight is 448 g/mol. The number of rotatable bonds is 11. The molecule has 1 N–H and O–H groups in total. The molecule has 5 nitrogen and oxygen atoms in total. The van der Waals surface area contributed by atoms with E-state index < -0.39 is 0 Å². The van der Waals surface area contributed by atoms with Gasteiger partial charge in [-0.3, -0.25) is 0 Å². The summed E-state index contributed by atoms with van der Waals surface area (Å²) >= 11 is 0. The summed E-state index contributed by atoms with van der Waals surface area (Å²) < 4.78 is 11.1. The molecule has 0 amide bonds. The molecule has 0 aliphatic rings. The Labute approximate surface area is 196 Å². The summed E-state index contributed by atoms with van der Waals surface area (Å²) in [4.78, 5) is 14.3. The van der Waals surface area contributed by atoms with Crippen LogP contribution in [0.25, 0.3) is 22.3 Å². The lowest BCUT2D eigenvalue weighted by atomic mass is 9.97. The van der Waals surface area contributed by atoms with Gasteiger partial charge in [0, 0.05) is 37.4 Å². The lowest BCUT2D eigenvalue weighted by molar-refractivity contribution is 0.0526. The molecule has 3 aromatic carbocycles. The molecule has 0 aromatic heterocycles. The van der Waals surface area contributed by atoms with Gasteiger partial charge in [0.05, 0.1) is 18.8 Å². The van der Waals surface area contributed by atoms with E-state index in [1.54, 1.807) is 19.1 Å². The Morgan fingerprint density at radius 3 is 2.09 bits per heavy atom. The minimum absolute atomic E-state index is 0.0960. The van der Waals surface area contributed by atoms with E-state index in [4.69, 9.17) is 14.6 Å². The maximum Gasteiger partial charge on any atom is 0.338 e. The zero-order chi connectivity index (χ0) is 23.6. The maximum atomic E-state index is 12.0. The minimum atomic E-state index is -0.314. The number of esters is 1. The van der Waals surface area contributed by atoms with Crippen molar-refractivity contribution in [1.29, 1.82) is 0 Å². The minimum Gasteiger partial charge on any atom is -0.493 e. The molecular formula is C28H33NO4. The van der Waals surface area contributed by atoms with Crippen LogP contribution in [0, 0.1) is 0 Å². The topological polar surface area (TPSA) is 59.0 Å². The fourth-order valence-electron chi connectivity index (χ4n) is 3.76. The number of benzene rings is 3. The van der Waals surface area contributed by atoms with E-state index in [1.165, 1.54) is 5.69 Å². The van der Waals surface area contributed by atoms with Crippen molar-refractivity contribution in [1.82, 2.24) is 0 Å². The zero-order valence-electron chi connectivity index (χ0n) is 19.7. The Morgan fingerprint density at radius 2 is 1.48 bits per heavy atom. The van der Waals surface area contributed by atoms with Gasteiger partial charge in [-0.1, -0.05) is 30.3 Å². The average Bonchev–Trinajstić information content (AvgIpc) is 2.86. The van der Waals surface area contributed by atoms with Crippen molar-refractivity contribution in [3.63, 3.8) is 0 Å². The highest BCUT2D eigenvalue weighted by atomic mass is 16.5. The summed E-state index contributed by atoms with van der Waals surface area (Å²) in [6.45, 7) is 8.93. The molecule has 0 radical (unpaired) electrons. The molecule has 0 bridgehead atoms. The molecule has 0 aliphatic heterocycles. The van der Waals surface area contributed by atoms with Gasteiger partial charge in [-0.25, -0.2) is 4.79 Å². The number of ether oxygens (including phenoxy) is 2. The monoisotopic (exact) mass is 447 g/mol. The molecule has 5 heteroatoms. The van der Waals surface area contributed by atoms with E-state index in [9.17, 15) is 4.79 Å². The number of aliphatic hydroxyl groups is 1. The number of hydrogen-bond donors (Lipinski definition) is 1. The molecule has 3 aromatic rings. The molecule has 0 unspecified atom stereocenters. The quantitative estimate of drug-likeness (QED) is 0.297. The van der Waals surface area contributed by atoms with Crippen LogP contribution in [-0.2, 0) is 4.74 Å². The van der Waals surface area contributed by atoms with Crippen LogP contribution in [0.2, 0.25) is 0 Å². The normalized spacial score (nSPS) is 10.7. The number of anilines is 1. The van der Waals surface area contributed by atoms with Crippen LogP contribution in [0.15, 0.2) is 66.7 Å². The highest BCUT2D eigenvalue weighted by Gasteiger charge is 2.12. The zero-order valence-corrected chi connectivity index (χ0v) is 19.7. The van der Waals surface area contributed by atoms with E-state index in [0.717, 1.165) is 41.1 Å². The van der Waals surface area contributed by atoms with E-state index in [0.29, 0.717) is 25.2 Å². The molecule has 0 saturated carbocycles. The molecule has 33 heavy (non-hydrogen) atoms. The lowest BCUT2D eigenvalue weighted by Crippen LogP contribution is -2.21. The molecule has 174 valence electrons. The first-order chi connectivity index (χ1) is 16.1. The second-order valence-corrected chi connectivity index (χ2v) is 7.65. The van der Waals surface area contributed by atoms with E-state index >= 15 is 0 Å². The number of aliphatic hydroxyl groups excluding tert-OH is 1. The van der Waals surface area contributed by atoms with Crippen LogP contribution in [0.3, 0.4) is 0 Å². The molecule has 0 atom stereocenters. The smallest absolute Gasteiger partial charge is 0.338 e. The van der Waals surface area contributed by atoms with Crippen LogP contribution >= 0.6 is 0 Å². The number of carbonyl (C=O) groups is 1. The van der Waals surface area contributed by atoms with Gasteiger partial charge in [0.1, 0.15) is 5.75 Å². The van der Waals surface area contributed by atoms with Crippen LogP contribution in [0.4, 0.5) is 5.69 Å². The van der Waals surface area contributed by atoms with E-state index in [1.807, 2.05) is 24.3 Å². The fraction of sp³-hybridized carbons (Fsp3) is 0.321. The molecule has 0 fully saturated rings. The second-order valence-electron chi connectivity index (χ2n) is 7.65. The van der Waals surface area contributed by atoms with Gasteiger partial charge in [0.25, 0.3) is 0 Å². The summed E-state index contributed by atoms with van der Waals surface area (Å²) in [7, 11) is 0. The van der Waals surface area contributed by atoms with Crippen molar-refractivity contribution in [3.8, 4) is 28.0 Å². The van der Waals surface area contributed by atoms with Gasteiger partial charge in [0.15, 0.2) is 0 Å². The van der Waals surface area contributed by atoms with Gasteiger partial charge < -0.3 is 19.5 Å². The Balaban J connectivity index is 1.95. The van der Waals surface area contributed by atoms with Crippen molar-refractivity contribution < 1.29 is 19.4 Å². The second kappa shape index (κ2) is 12.1. The van der Waals surface area contributed by atoms with Gasteiger partial charge in [-0.2, -0.15) is 0 Å². The predicted molar refractivity (Wildman–Crippen MR) is 134 cm³/mol. The summed E-state index contributed by atoms with van der Waals surface area (Å²) in [6.07, 6.45) is 0.581. The summed E-state index contributed by atoms with van der Waals surface area (Å²) in [5, 5.41) is 9.13. The lowest BCUT2D eigenvalue weighted by Gasteiger charge is -2.21. The SMILES string of the molecule is CCOC(=O)c1ccc(-c2ccc(OCCCO)c(-c3ccc(N(CC)CC)cc3)c2)cc1. The Bertz CT molecular complexity index is 1020. The molecule has 0 aliphatic carbocycles. The molecule has 0 heterocycles.